The van der Waals surface area contributed by atoms with Crippen LogP contribution in [0.2, 0.25) is 17.3 Å². The molecule has 0 unspecified atom stereocenters. The normalized spacial score (nSPS) is 12.9. The van der Waals surface area contributed by atoms with Crippen LogP contribution in [0.5, 0.6) is 11.5 Å². The van der Waals surface area contributed by atoms with Crippen molar-refractivity contribution in [3.05, 3.63) is 59.8 Å². The van der Waals surface area contributed by atoms with Crippen molar-refractivity contribution in [2.75, 3.05) is 0 Å². The molecule has 0 spiro atoms. The Morgan fingerprint density at radius 3 is 2.44 bits per heavy atom. The Hall–Kier alpha value is -2.33. The number of ether oxygens (including phenoxy) is 1. The molecule has 0 atom stereocenters. The molecule has 1 aromatic heterocycles. The molecule has 1 aliphatic rings. The molecular weight excluding hydrogens is 391 g/mol. The number of rotatable bonds is 1. The van der Waals surface area contributed by atoms with Crippen molar-refractivity contribution in [2.45, 2.75) is 31.1 Å². The molecule has 0 saturated heterocycles. The van der Waals surface area contributed by atoms with Crippen LogP contribution in [-0.2, 0) is 0 Å². The molecule has 0 amide bonds. The quantitative estimate of drug-likeness (QED) is 0.300. The van der Waals surface area contributed by atoms with Gasteiger partial charge in [-0.2, -0.15) is 0 Å². The number of hydrogen-bond donors (Lipinski definition) is 0. The zero-order valence-electron chi connectivity index (χ0n) is 16.5. The van der Waals surface area contributed by atoms with Gasteiger partial charge in [0.1, 0.15) is 0 Å². The van der Waals surface area contributed by atoms with E-state index in [-0.39, 0.29) is 0 Å². The van der Waals surface area contributed by atoms with Crippen LogP contribution in [0, 0.1) is 13.8 Å². The minimum atomic E-state index is -2.04. The third-order valence-corrected chi connectivity index (χ3v) is 9.96. The average Bonchev–Trinajstić information content (AvgIpc) is 2.64. The monoisotopic (exact) mass is 415 g/mol. The molecule has 134 valence electrons. The molecule has 0 fully saturated rings. The number of aromatic nitrogens is 1. The van der Waals surface area contributed by atoms with Gasteiger partial charge in [0.2, 0.25) is 0 Å². The number of benzene rings is 3. The molecule has 27 heavy (non-hydrogen) atoms. The Morgan fingerprint density at radius 1 is 0.889 bits per heavy atom. The number of fused-ring (bicyclic) bond motifs is 3. The summed E-state index contributed by atoms with van der Waals surface area (Å²) in [7, 11) is 0. The molecule has 0 radical (unpaired) electrons. The molecule has 0 aliphatic carbocycles. The summed E-state index contributed by atoms with van der Waals surface area (Å²) < 4.78 is 8.09. The molecule has 0 bridgehead atoms. The molecule has 5 rings (SSSR count). The summed E-state index contributed by atoms with van der Waals surface area (Å²) in [6.45, 7) is 4.32. The Bertz CT molecular complexity index is 1250. The fourth-order valence-corrected chi connectivity index (χ4v) is 7.84. The number of aryl methyl sites for hydroxylation is 2. The van der Waals surface area contributed by atoms with Crippen molar-refractivity contribution < 1.29 is 4.74 Å². The summed E-state index contributed by atoms with van der Waals surface area (Å²) in [6.07, 6.45) is 1.97. The second kappa shape index (κ2) is 5.59. The van der Waals surface area contributed by atoms with Gasteiger partial charge in [-0.3, -0.25) is 0 Å². The number of hydrogen-bond acceptors (Lipinski definition) is 2. The van der Waals surface area contributed by atoms with E-state index in [0.717, 1.165) is 22.8 Å². The fourth-order valence-electron chi connectivity index (χ4n) is 4.35. The van der Waals surface area contributed by atoms with Gasteiger partial charge in [-0.25, -0.2) is 0 Å². The Morgan fingerprint density at radius 2 is 1.67 bits per heavy atom. The predicted octanol–water partition coefficient (Wildman–Crippen LogP) is 6.32. The predicted molar refractivity (Wildman–Crippen MR) is 117 cm³/mol. The van der Waals surface area contributed by atoms with Crippen molar-refractivity contribution in [3.63, 3.8) is 0 Å². The van der Waals surface area contributed by atoms with Crippen molar-refractivity contribution in [1.82, 2.24) is 4.98 Å². The van der Waals surface area contributed by atoms with Crippen LogP contribution in [0.15, 0.2) is 48.7 Å². The SMILES string of the molecule is Cc1c[c]([Ge]([CH3])([CH3])[CH3])c2ccnc3c2c1Oc1c-3cc2ccccc2c1C. The van der Waals surface area contributed by atoms with Gasteiger partial charge in [0.25, 0.3) is 0 Å². The van der Waals surface area contributed by atoms with E-state index in [9.17, 15) is 0 Å². The Kier molecular flexibility index (Phi) is 3.48. The van der Waals surface area contributed by atoms with E-state index < -0.39 is 13.3 Å². The van der Waals surface area contributed by atoms with Gasteiger partial charge < -0.3 is 0 Å². The van der Waals surface area contributed by atoms with Gasteiger partial charge >= 0.3 is 163 Å². The third kappa shape index (κ3) is 2.36. The number of nitrogens with zero attached hydrogens (tertiary/aromatic N) is 1. The van der Waals surface area contributed by atoms with E-state index >= 15 is 0 Å². The number of pyridine rings is 1. The second-order valence-electron chi connectivity index (χ2n) is 8.60. The first-order chi connectivity index (χ1) is 12.9. The molecule has 2 nitrogen and oxygen atoms in total. The van der Waals surface area contributed by atoms with Crippen LogP contribution in [0.25, 0.3) is 32.8 Å². The zero-order valence-corrected chi connectivity index (χ0v) is 18.6. The van der Waals surface area contributed by atoms with Gasteiger partial charge in [-0.15, -0.1) is 0 Å². The van der Waals surface area contributed by atoms with Gasteiger partial charge in [-0.1, -0.05) is 0 Å². The third-order valence-electron chi connectivity index (χ3n) is 5.70. The van der Waals surface area contributed by atoms with Crippen LogP contribution < -0.4 is 9.13 Å². The zero-order chi connectivity index (χ0) is 18.9. The summed E-state index contributed by atoms with van der Waals surface area (Å²) >= 11 is -2.04. The summed E-state index contributed by atoms with van der Waals surface area (Å²) in [4.78, 5) is 4.83. The van der Waals surface area contributed by atoms with Crippen LogP contribution in [0.1, 0.15) is 11.1 Å². The molecule has 2 heterocycles. The maximum absolute atomic E-state index is 6.57. The van der Waals surface area contributed by atoms with Crippen LogP contribution in [0.3, 0.4) is 0 Å². The van der Waals surface area contributed by atoms with Crippen molar-refractivity contribution in [1.29, 1.82) is 0 Å². The van der Waals surface area contributed by atoms with E-state index in [2.05, 4.69) is 73.6 Å². The van der Waals surface area contributed by atoms with Crippen LogP contribution in [-0.4, -0.2) is 18.3 Å². The maximum atomic E-state index is 6.57. The van der Waals surface area contributed by atoms with Gasteiger partial charge in [0.05, 0.1) is 0 Å². The molecular formula is C24H23GeNO. The van der Waals surface area contributed by atoms with Crippen molar-refractivity contribution in [2.24, 2.45) is 0 Å². The average molecular weight is 414 g/mol. The summed E-state index contributed by atoms with van der Waals surface area (Å²) in [5, 5.41) is 4.99. The molecule has 1 aliphatic heterocycles. The first kappa shape index (κ1) is 16.8. The first-order valence-electron chi connectivity index (χ1n) is 9.49. The van der Waals surface area contributed by atoms with E-state index in [1.165, 1.54) is 37.1 Å². The van der Waals surface area contributed by atoms with E-state index in [4.69, 9.17) is 9.72 Å². The fraction of sp³-hybridized carbons (Fsp3) is 0.208. The van der Waals surface area contributed by atoms with E-state index in [1.54, 1.807) is 0 Å². The molecule has 0 N–H and O–H groups in total. The van der Waals surface area contributed by atoms with Crippen molar-refractivity contribution in [3.8, 4) is 22.8 Å². The summed E-state index contributed by atoms with van der Waals surface area (Å²) in [6, 6.07) is 15.3. The van der Waals surface area contributed by atoms with E-state index in [0.29, 0.717) is 0 Å². The summed E-state index contributed by atoms with van der Waals surface area (Å²) in [5.74, 6) is 9.29. The second-order valence-corrected chi connectivity index (χ2v) is 19.2. The van der Waals surface area contributed by atoms with Crippen LogP contribution in [0.4, 0.5) is 0 Å². The van der Waals surface area contributed by atoms with Crippen molar-refractivity contribution >= 4 is 39.2 Å². The minimum absolute atomic E-state index is 0.953. The van der Waals surface area contributed by atoms with Gasteiger partial charge in [0.15, 0.2) is 0 Å². The molecule has 4 aromatic rings. The molecule has 3 heteroatoms. The Labute approximate surface area is 162 Å². The Balaban J connectivity index is 1.95. The molecule has 3 aromatic carbocycles. The standard InChI is InChI=1S/C24H23GeNO/c1-14-12-20(25(3,4)5)18-10-11-26-22-19-13-16-8-6-7-9-17(16)15(2)24(19)27-23(14)21(18)22/h6-13H,1-5H3. The van der Waals surface area contributed by atoms with Gasteiger partial charge in [-0.05, 0) is 0 Å². The van der Waals surface area contributed by atoms with E-state index in [1.807, 2.05) is 6.20 Å². The first-order valence-corrected chi connectivity index (χ1v) is 16.8. The van der Waals surface area contributed by atoms with Gasteiger partial charge in [0, 0.05) is 0 Å². The topological polar surface area (TPSA) is 22.1 Å². The molecule has 0 saturated carbocycles. The summed E-state index contributed by atoms with van der Waals surface area (Å²) in [5.41, 5.74) is 4.58. The van der Waals surface area contributed by atoms with Crippen LogP contribution >= 0.6 is 0 Å².